The van der Waals surface area contributed by atoms with Crippen molar-refractivity contribution >= 4 is 21.5 Å². The zero-order valence-corrected chi connectivity index (χ0v) is 20.3. The number of ketones is 1. The van der Waals surface area contributed by atoms with Crippen molar-refractivity contribution in [2.24, 2.45) is 0 Å². The standard InChI is InChI=1S/C25H26F2N4O4S/c26-16-11-17(27)13-19(12-16)36(33,34)31-8-5-23-21(15-31)24(30-29-23)14-25(32)20-3-1-2-4-22(20)28-18-6-9-35-10-7-18/h1-4,11-13,18,28H,5-10,14-15H2,(H,29,30). The number of benzene rings is 2. The summed E-state index contributed by atoms with van der Waals surface area (Å²) in [4.78, 5) is 12.9. The molecule has 3 aromatic rings. The summed E-state index contributed by atoms with van der Waals surface area (Å²) in [5.41, 5.74) is 3.11. The summed E-state index contributed by atoms with van der Waals surface area (Å²) in [5, 5.41) is 10.7. The first kappa shape index (κ1) is 24.5. The number of ether oxygens (including phenoxy) is 1. The summed E-state index contributed by atoms with van der Waals surface area (Å²) in [5.74, 6) is -2.07. The average Bonchev–Trinajstić information content (AvgIpc) is 3.26. The molecule has 3 heterocycles. The Labute approximate surface area is 207 Å². The summed E-state index contributed by atoms with van der Waals surface area (Å²) in [6.07, 6.45) is 2.04. The first-order valence-corrected chi connectivity index (χ1v) is 13.2. The van der Waals surface area contributed by atoms with Gasteiger partial charge in [-0.15, -0.1) is 0 Å². The van der Waals surface area contributed by atoms with Crippen molar-refractivity contribution in [3.8, 4) is 0 Å². The van der Waals surface area contributed by atoms with E-state index in [2.05, 4.69) is 15.5 Å². The molecule has 2 aliphatic heterocycles. The fraction of sp³-hybridized carbons (Fsp3) is 0.360. The molecule has 36 heavy (non-hydrogen) atoms. The van der Waals surface area contributed by atoms with E-state index in [-0.39, 0.29) is 31.3 Å². The van der Waals surface area contributed by atoms with E-state index in [9.17, 15) is 22.0 Å². The molecule has 0 unspecified atom stereocenters. The number of hydrogen-bond acceptors (Lipinski definition) is 6. The summed E-state index contributed by atoms with van der Waals surface area (Å²) in [6, 6.07) is 9.75. The van der Waals surface area contributed by atoms with Crippen LogP contribution in [0.2, 0.25) is 0 Å². The van der Waals surface area contributed by atoms with Gasteiger partial charge in [0.15, 0.2) is 5.78 Å². The number of Topliss-reactive ketones (excluding diaryl/α,β-unsaturated/α-hetero) is 1. The minimum atomic E-state index is -4.14. The minimum absolute atomic E-state index is 0.0131. The Morgan fingerprint density at radius 2 is 1.86 bits per heavy atom. The molecular weight excluding hydrogens is 490 g/mol. The van der Waals surface area contributed by atoms with Crippen LogP contribution in [0.5, 0.6) is 0 Å². The van der Waals surface area contributed by atoms with Crippen LogP contribution >= 0.6 is 0 Å². The fourth-order valence-corrected chi connectivity index (χ4v) is 6.12. The van der Waals surface area contributed by atoms with Crippen LogP contribution in [0.25, 0.3) is 0 Å². The van der Waals surface area contributed by atoms with Crippen molar-refractivity contribution in [1.82, 2.24) is 14.5 Å². The zero-order valence-electron chi connectivity index (χ0n) is 19.5. The van der Waals surface area contributed by atoms with Gasteiger partial charge in [-0.05, 0) is 37.1 Å². The van der Waals surface area contributed by atoms with Gasteiger partial charge in [-0.1, -0.05) is 12.1 Å². The van der Waals surface area contributed by atoms with E-state index < -0.39 is 26.6 Å². The second kappa shape index (κ2) is 10.1. The van der Waals surface area contributed by atoms with Crippen LogP contribution in [-0.4, -0.2) is 54.5 Å². The Morgan fingerprint density at radius 1 is 1.14 bits per heavy atom. The summed E-state index contributed by atoms with van der Waals surface area (Å²) in [6.45, 7) is 1.43. The molecule has 0 spiro atoms. The van der Waals surface area contributed by atoms with Gasteiger partial charge in [-0.2, -0.15) is 9.40 Å². The van der Waals surface area contributed by atoms with E-state index in [1.54, 1.807) is 12.1 Å². The highest BCUT2D eigenvalue weighted by atomic mass is 32.2. The number of hydrogen-bond donors (Lipinski definition) is 2. The van der Waals surface area contributed by atoms with E-state index >= 15 is 0 Å². The number of anilines is 1. The number of rotatable bonds is 7. The molecule has 0 atom stereocenters. The van der Waals surface area contributed by atoms with Crippen LogP contribution in [0, 0.1) is 11.6 Å². The molecule has 0 aliphatic carbocycles. The molecule has 11 heteroatoms. The van der Waals surface area contributed by atoms with Gasteiger partial charge in [0, 0.05) is 67.3 Å². The Hall–Kier alpha value is -3.15. The molecule has 0 amide bonds. The van der Waals surface area contributed by atoms with Gasteiger partial charge >= 0.3 is 0 Å². The number of fused-ring (bicyclic) bond motifs is 1. The van der Waals surface area contributed by atoms with Crippen LogP contribution < -0.4 is 5.32 Å². The van der Waals surface area contributed by atoms with Crippen molar-refractivity contribution in [2.75, 3.05) is 25.1 Å². The lowest BCUT2D eigenvalue weighted by Crippen LogP contribution is -2.36. The Bertz CT molecular complexity index is 1370. The van der Waals surface area contributed by atoms with Gasteiger partial charge in [0.05, 0.1) is 17.0 Å². The van der Waals surface area contributed by atoms with Gasteiger partial charge < -0.3 is 10.1 Å². The number of halogens is 2. The summed E-state index contributed by atoms with van der Waals surface area (Å²) >= 11 is 0. The van der Waals surface area contributed by atoms with Crippen molar-refractivity contribution in [3.05, 3.63) is 76.6 Å². The number of H-pyrrole nitrogens is 1. The number of aromatic nitrogens is 2. The number of aromatic amines is 1. The van der Waals surface area contributed by atoms with Gasteiger partial charge in [-0.25, -0.2) is 17.2 Å². The monoisotopic (exact) mass is 516 g/mol. The topological polar surface area (TPSA) is 104 Å². The number of nitrogens with one attached hydrogen (secondary N) is 2. The van der Waals surface area contributed by atoms with Crippen molar-refractivity contribution in [2.45, 2.75) is 43.2 Å². The number of para-hydroxylation sites is 1. The molecule has 1 aromatic heterocycles. The second-order valence-corrected chi connectivity index (χ2v) is 10.9. The highest BCUT2D eigenvalue weighted by Gasteiger charge is 2.32. The number of carbonyl (C=O) groups excluding carboxylic acids is 1. The molecule has 2 aromatic carbocycles. The number of carbonyl (C=O) groups is 1. The number of sulfonamides is 1. The van der Waals surface area contributed by atoms with Crippen molar-refractivity contribution in [1.29, 1.82) is 0 Å². The fourth-order valence-electron chi connectivity index (χ4n) is 4.67. The normalized spacial score (nSPS) is 17.1. The second-order valence-electron chi connectivity index (χ2n) is 9.00. The molecule has 0 bridgehead atoms. The van der Waals surface area contributed by atoms with E-state index in [0.29, 0.717) is 42.5 Å². The maximum Gasteiger partial charge on any atom is 0.243 e. The third kappa shape index (κ3) is 5.04. The molecular formula is C25H26F2N4O4S. The lowest BCUT2D eigenvalue weighted by atomic mass is 9.99. The molecule has 0 radical (unpaired) electrons. The Kier molecular flexibility index (Phi) is 6.87. The van der Waals surface area contributed by atoms with Crippen LogP contribution in [0.4, 0.5) is 14.5 Å². The molecule has 0 saturated carbocycles. The molecule has 2 aliphatic rings. The van der Waals surface area contributed by atoms with E-state index in [1.165, 1.54) is 0 Å². The van der Waals surface area contributed by atoms with Crippen LogP contribution in [0.3, 0.4) is 0 Å². The van der Waals surface area contributed by atoms with Crippen LogP contribution in [0.15, 0.2) is 47.4 Å². The highest BCUT2D eigenvalue weighted by Crippen LogP contribution is 2.28. The predicted molar refractivity (Wildman–Crippen MR) is 128 cm³/mol. The first-order chi connectivity index (χ1) is 17.3. The molecule has 1 fully saturated rings. The van der Waals surface area contributed by atoms with Gasteiger partial charge in [0.2, 0.25) is 10.0 Å². The molecule has 5 rings (SSSR count). The maximum atomic E-state index is 13.7. The average molecular weight is 517 g/mol. The largest absolute Gasteiger partial charge is 0.382 e. The van der Waals surface area contributed by atoms with Gasteiger partial charge in [0.1, 0.15) is 11.6 Å². The van der Waals surface area contributed by atoms with Gasteiger partial charge in [0.25, 0.3) is 0 Å². The Morgan fingerprint density at radius 3 is 2.61 bits per heavy atom. The SMILES string of the molecule is O=C(Cc1n[nH]c2c1CN(S(=O)(=O)c1cc(F)cc(F)c1)CC2)c1ccccc1NC1CCOCC1. The predicted octanol–water partition coefficient (Wildman–Crippen LogP) is 3.45. The zero-order chi connectivity index (χ0) is 25.3. The highest BCUT2D eigenvalue weighted by molar-refractivity contribution is 7.89. The lowest BCUT2D eigenvalue weighted by Gasteiger charge is -2.26. The van der Waals surface area contributed by atoms with Crippen LogP contribution in [-0.2, 0) is 34.1 Å². The van der Waals surface area contributed by atoms with Gasteiger partial charge in [-0.3, -0.25) is 9.89 Å². The van der Waals surface area contributed by atoms with E-state index in [1.807, 2.05) is 12.1 Å². The maximum absolute atomic E-state index is 13.7. The van der Waals surface area contributed by atoms with E-state index in [0.717, 1.165) is 40.7 Å². The first-order valence-electron chi connectivity index (χ1n) is 11.8. The summed E-state index contributed by atoms with van der Waals surface area (Å²) in [7, 11) is -4.14. The van der Waals surface area contributed by atoms with Crippen LogP contribution in [0.1, 0.15) is 40.2 Å². The van der Waals surface area contributed by atoms with Crippen molar-refractivity contribution in [3.63, 3.8) is 0 Å². The third-order valence-corrected chi connectivity index (χ3v) is 8.42. The molecule has 190 valence electrons. The summed E-state index contributed by atoms with van der Waals surface area (Å²) < 4.78 is 60.1. The minimum Gasteiger partial charge on any atom is -0.382 e. The molecule has 2 N–H and O–H groups in total. The number of nitrogens with zero attached hydrogens (tertiary/aromatic N) is 2. The lowest BCUT2D eigenvalue weighted by molar-refractivity contribution is 0.0904. The third-order valence-electron chi connectivity index (χ3n) is 6.59. The molecule has 8 nitrogen and oxygen atoms in total. The molecule has 1 saturated heterocycles. The Balaban J connectivity index is 1.35. The van der Waals surface area contributed by atoms with Crippen molar-refractivity contribution < 1.29 is 26.7 Å². The quantitative estimate of drug-likeness (QED) is 0.466. The van der Waals surface area contributed by atoms with E-state index in [4.69, 9.17) is 4.74 Å². The smallest absolute Gasteiger partial charge is 0.243 e.